The van der Waals surface area contributed by atoms with Gasteiger partial charge in [0.15, 0.2) is 0 Å². The van der Waals surface area contributed by atoms with Gasteiger partial charge in [-0.05, 0) is 48.9 Å². The molecule has 1 heterocycles. The maximum atomic E-state index is 12.9. The normalized spacial score (nSPS) is 19.3. The number of carbonyl (C=O) groups excluding carboxylic acids is 1. The molecule has 1 fully saturated rings. The van der Waals surface area contributed by atoms with Crippen LogP contribution < -0.4 is 15.4 Å². The minimum atomic E-state index is -0.324. The topological polar surface area (TPSA) is 59.6 Å². The van der Waals surface area contributed by atoms with Crippen LogP contribution in [0.15, 0.2) is 48.5 Å². The summed E-state index contributed by atoms with van der Waals surface area (Å²) in [5, 5.41) is 6.07. The lowest BCUT2D eigenvalue weighted by atomic mass is 10.1. The van der Waals surface area contributed by atoms with Crippen molar-refractivity contribution >= 4 is 18.3 Å². The van der Waals surface area contributed by atoms with Gasteiger partial charge in [0.2, 0.25) is 5.91 Å². The van der Waals surface area contributed by atoms with E-state index in [-0.39, 0.29) is 36.3 Å². The van der Waals surface area contributed by atoms with Crippen molar-refractivity contribution in [1.29, 1.82) is 0 Å². The Morgan fingerprint density at radius 1 is 1.19 bits per heavy atom. The smallest absolute Gasteiger partial charge is 0.240 e. The molecule has 0 radical (unpaired) electrons. The third-order valence-corrected chi connectivity index (χ3v) is 4.04. The molecule has 7 heteroatoms. The van der Waals surface area contributed by atoms with Gasteiger partial charge in [0.05, 0.1) is 12.7 Å². The van der Waals surface area contributed by atoms with Crippen LogP contribution in [0.2, 0.25) is 0 Å². The third-order valence-electron chi connectivity index (χ3n) is 4.04. The van der Waals surface area contributed by atoms with E-state index in [1.165, 1.54) is 12.1 Å². The van der Waals surface area contributed by atoms with Crippen LogP contribution in [0.3, 0.4) is 0 Å². The Kier molecular flexibility index (Phi) is 7.38. The quantitative estimate of drug-likeness (QED) is 0.837. The molecule has 0 bridgehead atoms. The Morgan fingerprint density at radius 3 is 2.42 bits per heavy atom. The summed E-state index contributed by atoms with van der Waals surface area (Å²) >= 11 is 0. The van der Waals surface area contributed by atoms with Crippen LogP contribution in [0.25, 0.3) is 0 Å². The summed E-state index contributed by atoms with van der Waals surface area (Å²) in [5.74, 6) is 0.849. The highest BCUT2D eigenvalue weighted by Gasteiger charge is 2.27. The molecule has 1 amide bonds. The van der Waals surface area contributed by atoms with E-state index in [1.807, 2.05) is 31.2 Å². The van der Waals surface area contributed by atoms with Crippen LogP contribution >= 0.6 is 12.4 Å². The SMILES string of the molecule is C[C@H]1OCCN[C@@H]1C(=O)NCc1ccc(Oc2ccc(F)cc2)cc1.Cl. The molecule has 2 N–H and O–H groups in total. The van der Waals surface area contributed by atoms with Gasteiger partial charge < -0.3 is 20.1 Å². The zero-order chi connectivity index (χ0) is 17.6. The number of ether oxygens (including phenoxy) is 2. The standard InChI is InChI=1S/C19H21FN2O3.ClH/c1-13-18(21-10-11-24-13)19(23)22-12-14-2-6-16(7-3-14)25-17-8-4-15(20)5-9-17;/h2-9,13,18,21H,10-12H2,1H3,(H,22,23);1H/t13-,18+;/m1./s1. The fourth-order valence-electron chi connectivity index (χ4n) is 2.64. The summed E-state index contributed by atoms with van der Waals surface area (Å²) in [6.07, 6.45) is -0.139. The van der Waals surface area contributed by atoms with Crippen LogP contribution in [0.1, 0.15) is 12.5 Å². The predicted octanol–water partition coefficient (Wildman–Crippen LogP) is 3.03. The largest absolute Gasteiger partial charge is 0.457 e. The average Bonchev–Trinajstić information content (AvgIpc) is 2.63. The number of halogens is 2. The van der Waals surface area contributed by atoms with Gasteiger partial charge in [0, 0.05) is 13.1 Å². The van der Waals surface area contributed by atoms with E-state index in [9.17, 15) is 9.18 Å². The maximum absolute atomic E-state index is 12.9. The number of morpholine rings is 1. The number of carbonyl (C=O) groups is 1. The van der Waals surface area contributed by atoms with E-state index in [2.05, 4.69) is 10.6 Å². The molecule has 1 aliphatic heterocycles. The van der Waals surface area contributed by atoms with Gasteiger partial charge in [0.1, 0.15) is 23.4 Å². The summed E-state index contributed by atoms with van der Waals surface area (Å²) in [7, 11) is 0. The molecule has 5 nitrogen and oxygen atoms in total. The Bertz CT molecular complexity index is 710. The molecule has 1 aliphatic rings. The molecule has 0 aliphatic carbocycles. The molecule has 2 aromatic rings. The lowest BCUT2D eigenvalue weighted by Gasteiger charge is -2.29. The molecule has 140 valence electrons. The molecule has 3 rings (SSSR count). The first-order valence-corrected chi connectivity index (χ1v) is 8.27. The molecular weight excluding hydrogens is 359 g/mol. The summed E-state index contributed by atoms with van der Waals surface area (Å²) < 4.78 is 24.0. The van der Waals surface area contributed by atoms with E-state index >= 15 is 0 Å². The lowest BCUT2D eigenvalue weighted by Crippen LogP contribution is -2.55. The summed E-state index contributed by atoms with van der Waals surface area (Å²) in [5.41, 5.74) is 0.962. The van der Waals surface area contributed by atoms with Gasteiger partial charge in [-0.25, -0.2) is 4.39 Å². The van der Waals surface area contributed by atoms with Gasteiger partial charge in [-0.3, -0.25) is 4.79 Å². The van der Waals surface area contributed by atoms with Crippen molar-refractivity contribution in [3.63, 3.8) is 0 Å². The average molecular weight is 381 g/mol. The van der Waals surface area contributed by atoms with Crippen LogP contribution in [0.5, 0.6) is 11.5 Å². The van der Waals surface area contributed by atoms with Gasteiger partial charge in [0.25, 0.3) is 0 Å². The Labute approximate surface area is 158 Å². The first kappa shape index (κ1) is 20.2. The second-order valence-electron chi connectivity index (χ2n) is 5.93. The Hall–Kier alpha value is -2.15. The molecule has 2 atom stereocenters. The highest BCUT2D eigenvalue weighted by Crippen LogP contribution is 2.21. The van der Waals surface area contributed by atoms with Gasteiger partial charge >= 0.3 is 0 Å². The van der Waals surface area contributed by atoms with E-state index in [1.54, 1.807) is 12.1 Å². The number of rotatable bonds is 5. The second-order valence-corrected chi connectivity index (χ2v) is 5.93. The second kappa shape index (κ2) is 9.52. The summed E-state index contributed by atoms with van der Waals surface area (Å²) in [6, 6.07) is 12.9. The Morgan fingerprint density at radius 2 is 1.81 bits per heavy atom. The highest BCUT2D eigenvalue weighted by molar-refractivity contribution is 5.85. The van der Waals surface area contributed by atoms with Crippen molar-refractivity contribution in [2.45, 2.75) is 25.6 Å². The summed E-state index contributed by atoms with van der Waals surface area (Å²) in [6.45, 7) is 3.62. The van der Waals surface area contributed by atoms with Gasteiger partial charge in [-0.15, -0.1) is 12.4 Å². The molecule has 0 unspecified atom stereocenters. The van der Waals surface area contributed by atoms with Gasteiger partial charge in [-0.2, -0.15) is 0 Å². The number of hydrogen-bond acceptors (Lipinski definition) is 4. The predicted molar refractivity (Wildman–Crippen MR) is 99.2 cm³/mol. The number of amides is 1. The minimum Gasteiger partial charge on any atom is -0.457 e. The van der Waals surface area contributed by atoms with Crippen molar-refractivity contribution in [1.82, 2.24) is 10.6 Å². The molecular formula is C19H22ClFN2O3. The number of benzene rings is 2. The van der Waals surface area contributed by atoms with Gasteiger partial charge in [-0.1, -0.05) is 12.1 Å². The minimum absolute atomic E-state index is 0. The first-order chi connectivity index (χ1) is 12.1. The molecule has 1 saturated heterocycles. The van der Waals surface area contributed by atoms with E-state index in [0.29, 0.717) is 31.2 Å². The Balaban J connectivity index is 0.00000243. The molecule has 2 aromatic carbocycles. The van der Waals surface area contributed by atoms with Crippen LogP contribution in [-0.4, -0.2) is 31.2 Å². The fraction of sp³-hybridized carbons (Fsp3) is 0.316. The molecule has 0 spiro atoms. The number of hydrogen-bond donors (Lipinski definition) is 2. The van der Waals surface area contributed by atoms with Crippen LogP contribution in [0.4, 0.5) is 4.39 Å². The fourth-order valence-corrected chi connectivity index (χ4v) is 2.64. The highest BCUT2D eigenvalue weighted by atomic mass is 35.5. The molecule has 0 saturated carbocycles. The first-order valence-electron chi connectivity index (χ1n) is 8.27. The summed E-state index contributed by atoms with van der Waals surface area (Å²) in [4.78, 5) is 12.2. The number of nitrogens with one attached hydrogen (secondary N) is 2. The molecule has 26 heavy (non-hydrogen) atoms. The van der Waals surface area contributed by atoms with E-state index in [4.69, 9.17) is 9.47 Å². The van der Waals surface area contributed by atoms with Crippen molar-refractivity contribution < 1.29 is 18.7 Å². The van der Waals surface area contributed by atoms with E-state index in [0.717, 1.165) is 5.56 Å². The zero-order valence-electron chi connectivity index (χ0n) is 14.4. The van der Waals surface area contributed by atoms with Crippen molar-refractivity contribution in [2.75, 3.05) is 13.2 Å². The molecule has 0 aromatic heterocycles. The third kappa shape index (κ3) is 5.42. The van der Waals surface area contributed by atoms with Crippen molar-refractivity contribution in [2.24, 2.45) is 0 Å². The lowest BCUT2D eigenvalue weighted by molar-refractivity contribution is -0.129. The van der Waals surface area contributed by atoms with Crippen LogP contribution in [-0.2, 0) is 16.1 Å². The maximum Gasteiger partial charge on any atom is 0.240 e. The van der Waals surface area contributed by atoms with Crippen molar-refractivity contribution in [3.8, 4) is 11.5 Å². The van der Waals surface area contributed by atoms with E-state index < -0.39 is 0 Å². The zero-order valence-corrected chi connectivity index (χ0v) is 15.2. The van der Waals surface area contributed by atoms with Crippen LogP contribution in [0, 0.1) is 5.82 Å². The monoisotopic (exact) mass is 380 g/mol. The van der Waals surface area contributed by atoms with Crippen molar-refractivity contribution in [3.05, 3.63) is 59.9 Å².